The molecule has 0 radical (unpaired) electrons. The van der Waals surface area contributed by atoms with Gasteiger partial charge in [0.2, 0.25) is 11.0 Å². The molecule has 2 N–H and O–H groups in total. The van der Waals surface area contributed by atoms with Gasteiger partial charge in [-0.3, -0.25) is 25.0 Å². The molecule has 0 bridgehead atoms. The average Bonchev–Trinajstić information content (AvgIpc) is 3.29. The Kier molecular flexibility index (Phi) is 8.76. The number of benzene rings is 2. The highest BCUT2D eigenvalue weighted by atomic mass is 32.2. The van der Waals surface area contributed by atoms with E-state index in [1.807, 2.05) is 18.2 Å². The summed E-state index contributed by atoms with van der Waals surface area (Å²) in [5, 5.41) is 24.3. The highest BCUT2D eigenvalue weighted by Crippen LogP contribution is 2.28. The van der Waals surface area contributed by atoms with Crippen molar-refractivity contribution in [3.05, 3.63) is 63.7 Å². The van der Waals surface area contributed by atoms with Crippen LogP contribution in [0.15, 0.2) is 46.8 Å². The maximum atomic E-state index is 12.3. The number of anilines is 1. The quantitative estimate of drug-likeness (QED) is 0.174. The number of thioether (sulfide) groups is 1. The maximum absolute atomic E-state index is 12.3. The molecule has 178 valence electrons. The fraction of sp³-hybridized carbons (Fsp3) is 0.238. The first-order valence-corrected chi connectivity index (χ1v) is 11.7. The smallest absolute Gasteiger partial charge is 0.270 e. The van der Waals surface area contributed by atoms with Gasteiger partial charge in [-0.05, 0) is 30.2 Å². The summed E-state index contributed by atoms with van der Waals surface area (Å²) in [5.41, 5.74) is 0.949. The molecule has 0 fully saturated rings. The zero-order chi connectivity index (χ0) is 24.5. The first-order chi connectivity index (χ1) is 16.4. The van der Waals surface area contributed by atoms with E-state index in [-0.39, 0.29) is 28.0 Å². The van der Waals surface area contributed by atoms with Gasteiger partial charge in [0.1, 0.15) is 0 Å². The fourth-order valence-corrected chi connectivity index (χ4v) is 4.39. The van der Waals surface area contributed by atoms with Gasteiger partial charge in [-0.15, -0.1) is 10.2 Å². The van der Waals surface area contributed by atoms with E-state index >= 15 is 0 Å². The van der Waals surface area contributed by atoms with Crippen LogP contribution in [0.25, 0.3) is 0 Å². The van der Waals surface area contributed by atoms with Gasteiger partial charge in [-0.25, -0.2) is 0 Å². The predicted octanol–water partition coefficient (Wildman–Crippen LogP) is 3.17. The Bertz CT molecular complexity index is 1190. The predicted molar refractivity (Wildman–Crippen MR) is 128 cm³/mol. The van der Waals surface area contributed by atoms with Gasteiger partial charge in [0.25, 0.3) is 11.6 Å². The lowest BCUT2D eigenvalue weighted by atomic mass is 10.1. The van der Waals surface area contributed by atoms with Crippen LogP contribution in [0.2, 0.25) is 0 Å². The number of rotatable bonds is 11. The average molecular weight is 504 g/mol. The molecular weight excluding hydrogens is 482 g/mol. The second-order valence-corrected chi connectivity index (χ2v) is 8.91. The lowest BCUT2D eigenvalue weighted by molar-refractivity contribution is -0.384. The maximum Gasteiger partial charge on any atom is 0.270 e. The number of hydrogen-bond donors (Lipinski definition) is 2. The molecule has 0 aliphatic heterocycles. The molecular formula is C21H21N5O6S2. The van der Waals surface area contributed by atoms with Crippen molar-refractivity contribution < 1.29 is 24.0 Å². The molecule has 2 aromatic carbocycles. The minimum Gasteiger partial charge on any atom is -0.493 e. The van der Waals surface area contributed by atoms with Gasteiger partial charge in [0, 0.05) is 24.2 Å². The number of nitro groups is 1. The van der Waals surface area contributed by atoms with Crippen LogP contribution in [0.1, 0.15) is 15.9 Å². The highest BCUT2D eigenvalue weighted by molar-refractivity contribution is 8.01. The van der Waals surface area contributed by atoms with E-state index in [9.17, 15) is 19.7 Å². The van der Waals surface area contributed by atoms with Gasteiger partial charge in [-0.1, -0.05) is 35.2 Å². The molecule has 2 amide bonds. The number of amides is 2. The summed E-state index contributed by atoms with van der Waals surface area (Å²) >= 11 is 2.30. The number of carbonyl (C=O) groups excluding carboxylic acids is 2. The van der Waals surface area contributed by atoms with Crippen molar-refractivity contribution in [2.24, 2.45) is 0 Å². The molecule has 0 unspecified atom stereocenters. The van der Waals surface area contributed by atoms with E-state index in [1.54, 1.807) is 14.2 Å². The van der Waals surface area contributed by atoms with Crippen LogP contribution in [0.3, 0.4) is 0 Å². The Hall–Kier alpha value is -3.71. The van der Waals surface area contributed by atoms with Crippen LogP contribution in [-0.2, 0) is 11.2 Å². The topological polar surface area (TPSA) is 146 Å². The number of ether oxygens (including phenoxy) is 2. The minimum atomic E-state index is -0.574. The van der Waals surface area contributed by atoms with E-state index < -0.39 is 10.8 Å². The first-order valence-electron chi connectivity index (χ1n) is 9.89. The van der Waals surface area contributed by atoms with Crippen molar-refractivity contribution in [1.82, 2.24) is 15.5 Å². The summed E-state index contributed by atoms with van der Waals surface area (Å²) in [6.07, 6.45) is 0.628. The molecule has 1 aromatic heterocycles. The number of nitro benzene ring substituents is 1. The van der Waals surface area contributed by atoms with Gasteiger partial charge < -0.3 is 14.8 Å². The summed E-state index contributed by atoms with van der Waals surface area (Å²) in [5.74, 6) is 0.711. The number of nitrogens with zero attached hydrogens (tertiary/aromatic N) is 3. The third-order valence-corrected chi connectivity index (χ3v) is 6.43. The SMILES string of the molecule is COc1ccc(CCNC(=O)CSc2nnc(NC(=O)c3cccc([N+](=O)[O-])c3)s2)cc1OC. The first kappa shape index (κ1) is 24.9. The van der Waals surface area contributed by atoms with Crippen LogP contribution in [-0.4, -0.2) is 53.5 Å². The second-order valence-electron chi connectivity index (χ2n) is 6.71. The molecule has 0 aliphatic carbocycles. The van der Waals surface area contributed by atoms with Crippen molar-refractivity contribution in [3.63, 3.8) is 0 Å². The largest absolute Gasteiger partial charge is 0.493 e. The molecule has 34 heavy (non-hydrogen) atoms. The van der Waals surface area contributed by atoms with Gasteiger partial charge in [-0.2, -0.15) is 0 Å². The Labute approximate surface area is 203 Å². The Balaban J connectivity index is 1.44. The molecule has 1 heterocycles. The lowest BCUT2D eigenvalue weighted by Gasteiger charge is -2.10. The zero-order valence-corrected chi connectivity index (χ0v) is 19.9. The summed E-state index contributed by atoms with van der Waals surface area (Å²) in [6, 6.07) is 11.0. The van der Waals surface area contributed by atoms with Crippen molar-refractivity contribution >= 4 is 45.7 Å². The number of aromatic nitrogens is 2. The minimum absolute atomic E-state index is 0.132. The number of methoxy groups -OCH3 is 2. The molecule has 11 nitrogen and oxygen atoms in total. The summed E-state index contributed by atoms with van der Waals surface area (Å²) in [7, 11) is 3.14. The zero-order valence-electron chi connectivity index (χ0n) is 18.3. The fourth-order valence-electron chi connectivity index (χ4n) is 2.81. The number of carbonyl (C=O) groups is 2. The second kappa shape index (κ2) is 12.0. The number of non-ortho nitro benzene ring substituents is 1. The molecule has 0 saturated heterocycles. The third kappa shape index (κ3) is 6.89. The summed E-state index contributed by atoms with van der Waals surface area (Å²) in [4.78, 5) is 34.7. The molecule has 0 spiro atoms. The molecule has 3 rings (SSSR count). The molecule has 0 atom stereocenters. The molecule has 0 saturated carbocycles. The van der Waals surface area contributed by atoms with Gasteiger partial charge in [0.15, 0.2) is 15.8 Å². The standard InChI is InChI=1S/C21H21N5O6S2/c1-31-16-7-6-13(10-17(16)32-2)8-9-22-18(27)12-33-21-25-24-20(34-21)23-19(28)14-4-3-5-15(11-14)26(29)30/h3-7,10-11H,8-9,12H2,1-2H3,(H,22,27)(H,23,24,28). The van der Waals surface area contributed by atoms with E-state index in [4.69, 9.17) is 9.47 Å². The van der Waals surface area contributed by atoms with E-state index in [2.05, 4.69) is 20.8 Å². The monoisotopic (exact) mass is 503 g/mol. The van der Waals surface area contributed by atoms with Crippen molar-refractivity contribution in [2.45, 2.75) is 10.8 Å². The lowest BCUT2D eigenvalue weighted by Crippen LogP contribution is -2.27. The number of nitrogens with one attached hydrogen (secondary N) is 2. The molecule has 3 aromatic rings. The van der Waals surface area contributed by atoms with E-state index in [0.29, 0.717) is 28.8 Å². The van der Waals surface area contributed by atoms with Crippen molar-refractivity contribution in [2.75, 3.05) is 31.8 Å². The van der Waals surface area contributed by atoms with Crippen molar-refractivity contribution in [3.8, 4) is 11.5 Å². The van der Waals surface area contributed by atoms with Crippen LogP contribution in [0.5, 0.6) is 11.5 Å². The number of hydrogen-bond acceptors (Lipinski definition) is 10. The van der Waals surface area contributed by atoms with Crippen LogP contribution in [0.4, 0.5) is 10.8 Å². The third-order valence-electron chi connectivity index (χ3n) is 4.46. The van der Waals surface area contributed by atoms with Crippen LogP contribution >= 0.6 is 23.1 Å². The van der Waals surface area contributed by atoms with Gasteiger partial charge in [0.05, 0.1) is 24.9 Å². The Morgan fingerprint density at radius 1 is 1.12 bits per heavy atom. The Morgan fingerprint density at radius 2 is 1.91 bits per heavy atom. The van der Waals surface area contributed by atoms with E-state index in [1.165, 1.54) is 36.0 Å². The highest BCUT2D eigenvalue weighted by Gasteiger charge is 2.14. The summed E-state index contributed by atoms with van der Waals surface area (Å²) in [6.45, 7) is 0.454. The van der Waals surface area contributed by atoms with Crippen LogP contribution < -0.4 is 20.1 Å². The molecule has 0 aliphatic rings. The van der Waals surface area contributed by atoms with Crippen LogP contribution in [0, 0.1) is 10.1 Å². The molecule has 13 heteroatoms. The summed E-state index contributed by atoms with van der Waals surface area (Å²) < 4.78 is 11.0. The Morgan fingerprint density at radius 3 is 2.65 bits per heavy atom. The van der Waals surface area contributed by atoms with Gasteiger partial charge >= 0.3 is 0 Å². The normalized spacial score (nSPS) is 10.4. The van der Waals surface area contributed by atoms with Crippen molar-refractivity contribution in [1.29, 1.82) is 0 Å². The van der Waals surface area contributed by atoms with E-state index in [0.717, 1.165) is 16.9 Å².